The molecular formula is C16H18ClN5O2. The van der Waals surface area contributed by atoms with Crippen LogP contribution in [0.25, 0.3) is 0 Å². The average Bonchev–Trinajstić information content (AvgIpc) is 2.56. The molecule has 1 heterocycles. The maximum Gasteiger partial charge on any atom is 0.276 e. The predicted molar refractivity (Wildman–Crippen MR) is 92.0 cm³/mol. The Hall–Kier alpha value is -2.51. The van der Waals surface area contributed by atoms with Crippen LogP contribution in [0, 0.1) is 0 Å². The molecule has 0 fully saturated rings. The first-order valence-corrected chi connectivity index (χ1v) is 7.77. The third-order valence-electron chi connectivity index (χ3n) is 3.12. The van der Waals surface area contributed by atoms with Gasteiger partial charge in [0.25, 0.3) is 11.8 Å². The molecule has 7 nitrogen and oxygen atoms in total. The van der Waals surface area contributed by atoms with Gasteiger partial charge >= 0.3 is 0 Å². The number of aromatic nitrogens is 2. The summed E-state index contributed by atoms with van der Waals surface area (Å²) in [4.78, 5) is 32.5. The van der Waals surface area contributed by atoms with Gasteiger partial charge in [0, 0.05) is 35.7 Å². The fourth-order valence-electron chi connectivity index (χ4n) is 1.89. The summed E-state index contributed by atoms with van der Waals surface area (Å²) in [6, 6.07) is 6.57. The minimum Gasteiger partial charge on any atom is -0.351 e. The van der Waals surface area contributed by atoms with Crippen molar-refractivity contribution in [2.24, 2.45) is 5.73 Å². The van der Waals surface area contributed by atoms with Crippen LogP contribution in [-0.2, 0) is 0 Å². The van der Waals surface area contributed by atoms with Crippen molar-refractivity contribution in [2.75, 3.05) is 11.9 Å². The van der Waals surface area contributed by atoms with E-state index in [0.717, 1.165) is 0 Å². The lowest BCUT2D eigenvalue weighted by Crippen LogP contribution is -2.31. The number of carbonyl (C=O) groups is 2. The molecule has 2 rings (SSSR count). The standard InChI is InChI=1S/C16H18ClN5O2/c1-10(18)6-7-21-15(23)13-14(20-9-8-19-13)16(24)22-12-4-2-11(17)3-5-12/h2-5,8-10H,6-7,18H2,1H3,(H,21,23)(H,22,24). The minimum absolute atomic E-state index is 0.0279. The summed E-state index contributed by atoms with van der Waals surface area (Å²) in [5, 5.41) is 5.89. The monoisotopic (exact) mass is 347 g/mol. The van der Waals surface area contributed by atoms with Crippen LogP contribution in [0.5, 0.6) is 0 Å². The summed E-state index contributed by atoms with van der Waals surface area (Å²) in [6.45, 7) is 2.24. The van der Waals surface area contributed by atoms with Gasteiger partial charge in [0.15, 0.2) is 11.4 Å². The summed E-state index contributed by atoms with van der Waals surface area (Å²) in [7, 11) is 0. The Morgan fingerprint density at radius 3 is 2.29 bits per heavy atom. The summed E-state index contributed by atoms with van der Waals surface area (Å²) in [5.74, 6) is -0.993. The second-order valence-electron chi connectivity index (χ2n) is 5.24. The maximum absolute atomic E-state index is 12.4. The third kappa shape index (κ3) is 5.00. The van der Waals surface area contributed by atoms with Gasteiger partial charge in [-0.05, 0) is 37.6 Å². The lowest BCUT2D eigenvalue weighted by atomic mass is 10.2. The molecule has 4 N–H and O–H groups in total. The number of nitrogens with two attached hydrogens (primary N) is 1. The molecule has 0 aliphatic heterocycles. The number of nitrogens with zero attached hydrogens (tertiary/aromatic N) is 2. The van der Waals surface area contributed by atoms with E-state index >= 15 is 0 Å². The van der Waals surface area contributed by atoms with Gasteiger partial charge in [-0.1, -0.05) is 11.6 Å². The first-order chi connectivity index (χ1) is 11.5. The topological polar surface area (TPSA) is 110 Å². The molecule has 1 aromatic heterocycles. The first-order valence-electron chi connectivity index (χ1n) is 7.39. The SMILES string of the molecule is CC(N)CCNC(=O)c1nccnc1C(=O)Nc1ccc(Cl)cc1. The summed E-state index contributed by atoms with van der Waals surface area (Å²) >= 11 is 5.81. The van der Waals surface area contributed by atoms with Gasteiger partial charge in [0.2, 0.25) is 0 Å². The molecule has 2 amide bonds. The van der Waals surface area contributed by atoms with Gasteiger partial charge in [0.1, 0.15) is 0 Å². The number of amides is 2. The molecular weight excluding hydrogens is 330 g/mol. The van der Waals surface area contributed by atoms with E-state index in [-0.39, 0.29) is 17.4 Å². The number of nitrogens with one attached hydrogen (secondary N) is 2. The molecule has 2 aromatic rings. The Morgan fingerprint density at radius 1 is 1.12 bits per heavy atom. The van der Waals surface area contributed by atoms with Crippen molar-refractivity contribution in [1.82, 2.24) is 15.3 Å². The van der Waals surface area contributed by atoms with Gasteiger partial charge in [0.05, 0.1) is 0 Å². The van der Waals surface area contributed by atoms with Gasteiger partial charge in [-0.15, -0.1) is 0 Å². The molecule has 0 saturated heterocycles. The fraction of sp³-hybridized carbons (Fsp3) is 0.250. The number of carbonyl (C=O) groups excluding carboxylic acids is 2. The molecule has 0 bridgehead atoms. The van der Waals surface area contributed by atoms with Crippen LogP contribution < -0.4 is 16.4 Å². The van der Waals surface area contributed by atoms with Crippen molar-refractivity contribution in [3.63, 3.8) is 0 Å². The summed E-state index contributed by atoms with van der Waals surface area (Å²) in [6.07, 6.45) is 3.34. The molecule has 0 aliphatic carbocycles. The van der Waals surface area contributed by atoms with E-state index in [1.807, 2.05) is 6.92 Å². The molecule has 0 saturated carbocycles. The Bertz CT molecular complexity index is 719. The van der Waals surface area contributed by atoms with Crippen LogP contribution in [0.2, 0.25) is 5.02 Å². The van der Waals surface area contributed by atoms with Crippen molar-refractivity contribution >= 4 is 29.1 Å². The highest BCUT2D eigenvalue weighted by Gasteiger charge is 2.20. The van der Waals surface area contributed by atoms with Crippen molar-refractivity contribution < 1.29 is 9.59 Å². The van der Waals surface area contributed by atoms with E-state index < -0.39 is 11.8 Å². The van der Waals surface area contributed by atoms with E-state index in [2.05, 4.69) is 20.6 Å². The Balaban J connectivity index is 2.11. The van der Waals surface area contributed by atoms with Crippen LogP contribution in [0.4, 0.5) is 5.69 Å². The molecule has 0 radical (unpaired) electrons. The predicted octanol–water partition coefficient (Wildman–Crippen LogP) is 1.85. The lowest BCUT2D eigenvalue weighted by Gasteiger charge is -2.10. The second kappa shape index (κ2) is 8.37. The zero-order valence-corrected chi connectivity index (χ0v) is 13.9. The number of hydrogen-bond donors (Lipinski definition) is 3. The Kier molecular flexibility index (Phi) is 6.22. The molecule has 24 heavy (non-hydrogen) atoms. The first kappa shape index (κ1) is 17.8. The fourth-order valence-corrected chi connectivity index (χ4v) is 2.02. The second-order valence-corrected chi connectivity index (χ2v) is 5.67. The molecule has 0 spiro atoms. The van der Waals surface area contributed by atoms with Gasteiger partial charge in [-0.3, -0.25) is 9.59 Å². The number of benzene rings is 1. The van der Waals surface area contributed by atoms with Gasteiger partial charge in [-0.2, -0.15) is 0 Å². The van der Waals surface area contributed by atoms with Gasteiger partial charge < -0.3 is 16.4 Å². The van der Waals surface area contributed by atoms with Crippen molar-refractivity contribution in [1.29, 1.82) is 0 Å². The lowest BCUT2D eigenvalue weighted by molar-refractivity contribution is 0.0932. The highest BCUT2D eigenvalue weighted by atomic mass is 35.5. The van der Waals surface area contributed by atoms with Crippen LogP contribution in [0.15, 0.2) is 36.7 Å². The van der Waals surface area contributed by atoms with E-state index in [0.29, 0.717) is 23.7 Å². The van der Waals surface area contributed by atoms with Crippen molar-refractivity contribution in [3.05, 3.63) is 53.1 Å². The van der Waals surface area contributed by atoms with Crippen LogP contribution in [-0.4, -0.2) is 34.4 Å². The molecule has 0 aliphatic rings. The van der Waals surface area contributed by atoms with Crippen molar-refractivity contribution in [2.45, 2.75) is 19.4 Å². The highest BCUT2D eigenvalue weighted by molar-refractivity contribution is 6.30. The summed E-state index contributed by atoms with van der Waals surface area (Å²) in [5.41, 5.74) is 6.10. The van der Waals surface area contributed by atoms with Crippen LogP contribution in [0.3, 0.4) is 0 Å². The normalized spacial score (nSPS) is 11.6. The van der Waals surface area contributed by atoms with E-state index in [1.165, 1.54) is 12.4 Å². The maximum atomic E-state index is 12.4. The zero-order valence-electron chi connectivity index (χ0n) is 13.1. The zero-order chi connectivity index (χ0) is 17.5. The number of rotatable bonds is 6. The highest BCUT2D eigenvalue weighted by Crippen LogP contribution is 2.14. The molecule has 126 valence electrons. The molecule has 1 atom stereocenters. The van der Waals surface area contributed by atoms with Crippen LogP contribution >= 0.6 is 11.6 Å². The van der Waals surface area contributed by atoms with E-state index in [1.54, 1.807) is 24.3 Å². The van der Waals surface area contributed by atoms with Crippen molar-refractivity contribution in [3.8, 4) is 0 Å². The summed E-state index contributed by atoms with van der Waals surface area (Å²) < 4.78 is 0. The molecule has 8 heteroatoms. The smallest absolute Gasteiger partial charge is 0.276 e. The Morgan fingerprint density at radius 2 is 1.71 bits per heavy atom. The van der Waals surface area contributed by atoms with Crippen LogP contribution in [0.1, 0.15) is 34.3 Å². The quantitative estimate of drug-likeness (QED) is 0.738. The van der Waals surface area contributed by atoms with E-state index in [9.17, 15) is 9.59 Å². The number of halogens is 1. The van der Waals surface area contributed by atoms with Gasteiger partial charge in [-0.25, -0.2) is 9.97 Å². The number of anilines is 1. The average molecular weight is 348 g/mol. The Labute approximate surface area is 144 Å². The largest absolute Gasteiger partial charge is 0.351 e. The third-order valence-corrected chi connectivity index (χ3v) is 3.37. The van der Waals surface area contributed by atoms with E-state index in [4.69, 9.17) is 17.3 Å². The molecule has 1 unspecified atom stereocenters. The minimum atomic E-state index is -0.525. The molecule has 1 aromatic carbocycles. The number of hydrogen-bond acceptors (Lipinski definition) is 5.